The van der Waals surface area contributed by atoms with Crippen molar-refractivity contribution >= 4 is 0 Å². The van der Waals surface area contributed by atoms with Gasteiger partial charge < -0.3 is 5.11 Å². The molecular weight excluding hydrogens is 234 g/mol. The van der Waals surface area contributed by atoms with Gasteiger partial charge in [0.05, 0.1) is 12.1 Å². The SMILES string of the molecule is C[C@H](c1ccccc1)N1C[C@@H]1[C@H](O)c1ccccc1. The predicted octanol–water partition coefficient (Wildman–Crippen LogP) is 3.17. The molecule has 1 aliphatic rings. The molecule has 1 saturated heterocycles. The number of hydrogen-bond donors (Lipinski definition) is 1. The average molecular weight is 253 g/mol. The molecule has 0 aliphatic carbocycles. The van der Waals surface area contributed by atoms with E-state index in [0.29, 0.717) is 6.04 Å². The maximum Gasteiger partial charge on any atom is 0.0957 e. The van der Waals surface area contributed by atoms with Gasteiger partial charge in [0.25, 0.3) is 0 Å². The van der Waals surface area contributed by atoms with Crippen LogP contribution in [-0.2, 0) is 0 Å². The molecule has 1 aliphatic heterocycles. The van der Waals surface area contributed by atoms with Gasteiger partial charge in [0.2, 0.25) is 0 Å². The molecule has 1 unspecified atom stereocenters. The number of aliphatic hydroxyl groups excluding tert-OH is 1. The van der Waals surface area contributed by atoms with Crippen LogP contribution >= 0.6 is 0 Å². The highest BCUT2D eigenvalue weighted by Crippen LogP contribution is 2.38. The summed E-state index contributed by atoms with van der Waals surface area (Å²) in [5.74, 6) is 0. The quantitative estimate of drug-likeness (QED) is 0.846. The third-order valence-electron chi connectivity index (χ3n) is 3.98. The molecule has 0 spiro atoms. The maximum atomic E-state index is 10.4. The Morgan fingerprint density at radius 3 is 2.05 bits per heavy atom. The van der Waals surface area contributed by atoms with E-state index in [1.165, 1.54) is 5.56 Å². The van der Waals surface area contributed by atoms with E-state index in [-0.39, 0.29) is 12.1 Å². The smallest absolute Gasteiger partial charge is 0.0957 e. The van der Waals surface area contributed by atoms with Crippen LogP contribution in [0.15, 0.2) is 60.7 Å². The first-order chi connectivity index (χ1) is 9.27. The third-order valence-corrected chi connectivity index (χ3v) is 3.98. The molecule has 0 aromatic heterocycles. The lowest BCUT2D eigenvalue weighted by Crippen LogP contribution is -2.14. The highest BCUT2D eigenvalue weighted by molar-refractivity contribution is 5.24. The van der Waals surface area contributed by atoms with Crippen molar-refractivity contribution in [1.82, 2.24) is 4.90 Å². The van der Waals surface area contributed by atoms with E-state index in [2.05, 4.69) is 36.1 Å². The van der Waals surface area contributed by atoms with Gasteiger partial charge in [-0.2, -0.15) is 0 Å². The summed E-state index contributed by atoms with van der Waals surface area (Å²) >= 11 is 0. The fraction of sp³-hybridized carbons (Fsp3) is 0.294. The second-order valence-corrected chi connectivity index (χ2v) is 5.21. The van der Waals surface area contributed by atoms with E-state index in [1.807, 2.05) is 36.4 Å². The molecule has 1 heterocycles. The summed E-state index contributed by atoms with van der Waals surface area (Å²) in [6.07, 6.45) is -0.382. The van der Waals surface area contributed by atoms with Crippen molar-refractivity contribution in [3.05, 3.63) is 71.8 Å². The molecule has 2 nitrogen and oxygen atoms in total. The van der Waals surface area contributed by atoms with Crippen molar-refractivity contribution in [2.75, 3.05) is 6.54 Å². The first-order valence-corrected chi connectivity index (χ1v) is 6.81. The van der Waals surface area contributed by atoms with Crippen LogP contribution in [0.2, 0.25) is 0 Å². The van der Waals surface area contributed by atoms with E-state index >= 15 is 0 Å². The van der Waals surface area contributed by atoms with Crippen molar-refractivity contribution in [2.45, 2.75) is 25.1 Å². The molecule has 0 saturated carbocycles. The fourth-order valence-corrected chi connectivity index (χ4v) is 2.69. The molecule has 2 aromatic carbocycles. The van der Waals surface area contributed by atoms with E-state index in [9.17, 15) is 5.11 Å². The Bertz CT molecular complexity index is 476. The lowest BCUT2D eigenvalue weighted by Gasteiger charge is -2.17. The highest BCUT2D eigenvalue weighted by Gasteiger charge is 2.43. The molecule has 19 heavy (non-hydrogen) atoms. The molecular formula is C17H19NO. The molecule has 98 valence electrons. The minimum atomic E-state index is -0.382. The Kier molecular flexibility index (Phi) is 3.36. The van der Waals surface area contributed by atoms with Crippen molar-refractivity contribution in [1.29, 1.82) is 0 Å². The summed E-state index contributed by atoms with van der Waals surface area (Å²) in [4.78, 5) is 2.34. The zero-order chi connectivity index (χ0) is 13.2. The summed E-state index contributed by atoms with van der Waals surface area (Å²) in [5.41, 5.74) is 2.32. The lowest BCUT2D eigenvalue weighted by molar-refractivity contribution is 0.151. The molecule has 3 rings (SSSR count). The fourth-order valence-electron chi connectivity index (χ4n) is 2.69. The van der Waals surface area contributed by atoms with Gasteiger partial charge in [-0.1, -0.05) is 60.7 Å². The minimum Gasteiger partial charge on any atom is -0.387 e. The summed E-state index contributed by atoms with van der Waals surface area (Å²) in [7, 11) is 0. The number of benzene rings is 2. The van der Waals surface area contributed by atoms with E-state index in [4.69, 9.17) is 0 Å². The second-order valence-electron chi connectivity index (χ2n) is 5.21. The van der Waals surface area contributed by atoms with Gasteiger partial charge >= 0.3 is 0 Å². The Morgan fingerprint density at radius 2 is 1.47 bits per heavy atom. The zero-order valence-electron chi connectivity index (χ0n) is 11.1. The predicted molar refractivity (Wildman–Crippen MR) is 76.8 cm³/mol. The minimum absolute atomic E-state index is 0.248. The maximum absolute atomic E-state index is 10.4. The van der Waals surface area contributed by atoms with Gasteiger partial charge in [-0.15, -0.1) is 0 Å². The lowest BCUT2D eigenvalue weighted by atomic mass is 10.1. The molecule has 1 N–H and O–H groups in total. The van der Waals surface area contributed by atoms with Crippen molar-refractivity contribution in [2.24, 2.45) is 0 Å². The van der Waals surface area contributed by atoms with Crippen molar-refractivity contribution in [3.8, 4) is 0 Å². The summed E-state index contributed by atoms with van der Waals surface area (Å²) in [6.45, 7) is 3.17. The monoisotopic (exact) mass is 253 g/mol. The molecule has 1 fully saturated rings. The van der Waals surface area contributed by atoms with Gasteiger partial charge in [0.1, 0.15) is 0 Å². The number of aliphatic hydroxyl groups is 1. The van der Waals surface area contributed by atoms with Crippen LogP contribution in [0.1, 0.15) is 30.2 Å². The van der Waals surface area contributed by atoms with Crippen LogP contribution in [0.3, 0.4) is 0 Å². The first-order valence-electron chi connectivity index (χ1n) is 6.81. The van der Waals surface area contributed by atoms with Gasteiger partial charge in [-0.05, 0) is 18.1 Å². The highest BCUT2D eigenvalue weighted by atomic mass is 16.3. The summed E-state index contributed by atoms with van der Waals surface area (Å²) < 4.78 is 0. The normalized spacial score (nSPS) is 24.7. The largest absolute Gasteiger partial charge is 0.387 e. The van der Waals surface area contributed by atoms with Crippen LogP contribution in [-0.4, -0.2) is 22.6 Å². The van der Waals surface area contributed by atoms with E-state index < -0.39 is 0 Å². The van der Waals surface area contributed by atoms with Gasteiger partial charge in [0.15, 0.2) is 0 Å². The zero-order valence-corrected chi connectivity index (χ0v) is 11.1. The Labute approximate surface area is 114 Å². The average Bonchev–Trinajstić information content (AvgIpc) is 3.28. The Balaban J connectivity index is 1.68. The number of hydrogen-bond acceptors (Lipinski definition) is 2. The molecule has 0 radical (unpaired) electrons. The molecule has 4 atom stereocenters. The van der Waals surface area contributed by atoms with Crippen molar-refractivity contribution < 1.29 is 5.11 Å². The van der Waals surface area contributed by atoms with Crippen LogP contribution in [0, 0.1) is 0 Å². The van der Waals surface area contributed by atoms with E-state index in [0.717, 1.165) is 12.1 Å². The third kappa shape index (κ3) is 2.55. The second kappa shape index (κ2) is 5.16. The summed E-state index contributed by atoms with van der Waals surface area (Å²) in [5, 5.41) is 10.4. The molecule has 0 amide bonds. The van der Waals surface area contributed by atoms with Crippen LogP contribution in [0.5, 0.6) is 0 Å². The summed E-state index contributed by atoms with van der Waals surface area (Å²) in [6, 6.07) is 21.0. The topological polar surface area (TPSA) is 23.2 Å². The first kappa shape index (κ1) is 12.4. The molecule has 2 heteroatoms. The number of nitrogens with zero attached hydrogens (tertiary/aromatic N) is 1. The van der Waals surface area contributed by atoms with Crippen molar-refractivity contribution in [3.63, 3.8) is 0 Å². The van der Waals surface area contributed by atoms with Crippen LogP contribution in [0.25, 0.3) is 0 Å². The molecule has 0 bridgehead atoms. The van der Waals surface area contributed by atoms with Gasteiger partial charge in [-0.25, -0.2) is 0 Å². The molecule has 2 aromatic rings. The van der Waals surface area contributed by atoms with Crippen LogP contribution in [0.4, 0.5) is 0 Å². The van der Waals surface area contributed by atoms with Crippen LogP contribution < -0.4 is 0 Å². The Morgan fingerprint density at radius 1 is 0.947 bits per heavy atom. The van der Waals surface area contributed by atoms with Gasteiger partial charge in [0, 0.05) is 12.6 Å². The van der Waals surface area contributed by atoms with E-state index in [1.54, 1.807) is 0 Å². The standard InChI is InChI=1S/C17H19NO/c1-13(14-8-4-2-5-9-14)18-12-16(18)17(19)15-10-6-3-7-11-15/h2-11,13,16-17,19H,12H2,1H3/t13-,16-,17-,18?/m1/s1. The number of rotatable bonds is 4. The van der Waals surface area contributed by atoms with Gasteiger partial charge in [-0.3, -0.25) is 4.90 Å². The Hall–Kier alpha value is -1.64.